The van der Waals surface area contributed by atoms with E-state index in [0.29, 0.717) is 0 Å². The minimum absolute atomic E-state index is 0. The van der Waals surface area contributed by atoms with Gasteiger partial charge < -0.3 is 24.8 Å². The van der Waals surface area contributed by atoms with Crippen molar-refractivity contribution in [2.45, 2.75) is 39.2 Å². The monoisotopic (exact) mass is 520 g/mol. The molecular formula is C23H28Cl2Si2Zr-2. The summed E-state index contributed by atoms with van der Waals surface area (Å²) in [6.45, 7) is 11.7. The summed E-state index contributed by atoms with van der Waals surface area (Å²) in [5.74, 6) is 0. The minimum atomic E-state index is -0.981. The van der Waals surface area contributed by atoms with Crippen LogP contribution in [0.25, 0.3) is 11.1 Å². The van der Waals surface area contributed by atoms with Crippen LogP contribution in [0.4, 0.5) is 0 Å². The van der Waals surface area contributed by atoms with Crippen molar-refractivity contribution in [3.05, 3.63) is 83.9 Å². The topological polar surface area (TPSA) is 0 Å². The Labute approximate surface area is 199 Å². The van der Waals surface area contributed by atoms with Gasteiger partial charge in [0.05, 0.1) is 0 Å². The summed E-state index contributed by atoms with van der Waals surface area (Å²) in [5, 5.41) is 1.56. The van der Waals surface area contributed by atoms with Gasteiger partial charge in [0.15, 0.2) is 0 Å². The van der Waals surface area contributed by atoms with Crippen molar-refractivity contribution < 1.29 is 48.1 Å². The van der Waals surface area contributed by atoms with E-state index in [1.54, 1.807) is 28.5 Å². The third-order valence-corrected chi connectivity index (χ3v) is 6.21. The summed E-state index contributed by atoms with van der Waals surface area (Å²) in [6, 6.07) is 26.8. The Morgan fingerprint density at radius 3 is 2.11 bits per heavy atom. The Bertz CT molecular complexity index is 806. The predicted molar refractivity (Wildman–Crippen MR) is 116 cm³/mol. The maximum Gasteiger partial charge on any atom is -0.0253 e. The molecule has 0 aliphatic heterocycles. The maximum absolute atomic E-state index is 3.30. The fourth-order valence-electron chi connectivity index (χ4n) is 2.87. The summed E-state index contributed by atoms with van der Waals surface area (Å²) in [5.41, 5.74) is 5.72. The van der Waals surface area contributed by atoms with Crippen LogP contribution >= 0.6 is 0 Å². The molecule has 0 nitrogen and oxygen atoms in total. The summed E-state index contributed by atoms with van der Waals surface area (Å²) < 4.78 is 0. The van der Waals surface area contributed by atoms with E-state index in [4.69, 9.17) is 0 Å². The zero-order valence-corrected chi connectivity index (χ0v) is 23.3. The van der Waals surface area contributed by atoms with Crippen LogP contribution in [0.3, 0.4) is 0 Å². The molecule has 1 aliphatic carbocycles. The van der Waals surface area contributed by atoms with Gasteiger partial charge in [-0.1, -0.05) is 55.0 Å². The number of benzene rings is 2. The van der Waals surface area contributed by atoms with Crippen LogP contribution in [0, 0.1) is 6.07 Å². The van der Waals surface area contributed by atoms with E-state index in [9.17, 15) is 0 Å². The van der Waals surface area contributed by atoms with Crippen LogP contribution in [0.5, 0.6) is 0 Å². The molecule has 0 atom stereocenters. The molecule has 3 aromatic carbocycles. The van der Waals surface area contributed by atoms with Gasteiger partial charge in [0.2, 0.25) is 0 Å². The van der Waals surface area contributed by atoms with E-state index in [-0.39, 0.29) is 30.2 Å². The SMILES string of the molecule is C[Si](C)(C)c1cc[cH-]c1.C[Si](C)=[Zr+2].[Cl-].[Cl-].[c-]1cccc2c1Cc1ccccc1-2. The van der Waals surface area contributed by atoms with E-state index in [0.717, 1.165) is 6.42 Å². The molecule has 0 N–H and O–H groups in total. The summed E-state index contributed by atoms with van der Waals surface area (Å²) in [7, 11) is -0.981. The first-order chi connectivity index (χ1) is 12.3. The first kappa shape index (κ1) is 27.7. The van der Waals surface area contributed by atoms with Crippen LogP contribution < -0.4 is 30.0 Å². The molecule has 0 heterocycles. The van der Waals surface area contributed by atoms with Crippen molar-refractivity contribution in [2.24, 2.45) is 0 Å². The Hall–Kier alpha value is -0.313. The first-order valence-corrected chi connectivity index (χ1v) is 18.8. The normalized spacial score (nSPS) is 10.5. The second kappa shape index (κ2) is 13.1. The fraction of sp³-hybridized carbons (Fsp3) is 0.261. The summed E-state index contributed by atoms with van der Waals surface area (Å²) in [4.78, 5) is 0. The molecule has 1 aliphatic rings. The van der Waals surface area contributed by atoms with Crippen molar-refractivity contribution in [1.29, 1.82) is 0 Å². The van der Waals surface area contributed by atoms with E-state index < -0.39 is 8.07 Å². The van der Waals surface area contributed by atoms with Crippen LogP contribution in [-0.4, -0.2) is 13.5 Å². The van der Waals surface area contributed by atoms with Crippen molar-refractivity contribution in [3.8, 4) is 11.1 Å². The van der Waals surface area contributed by atoms with E-state index >= 15 is 0 Å². The fourth-order valence-corrected chi connectivity index (χ4v) is 4.06. The second-order valence-electron chi connectivity index (χ2n) is 7.82. The van der Waals surface area contributed by atoms with Crippen molar-refractivity contribution in [3.63, 3.8) is 0 Å². The van der Waals surface area contributed by atoms with Crippen LogP contribution in [0.2, 0.25) is 32.7 Å². The quantitative estimate of drug-likeness (QED) is 0.240. The van der Waals surface area contributed by atoms with Gasteiger partial charge in [-0.05, 0) is 6.42 Å². The van der Waals surface area contributed by atoms with Gasteiger partial charge in [0.1, 0.15) is 0 Å². The smallest absolute Gasteiger partial charge is 0.0253 e. The first-order valence-electron chi connectivity index (χ1n) is 9.11. The zero-order valence-electron chi connectivity index (χ0n) is 17.3. The summed E-state index contributed by atoms with van der Waals surface area (Å²) >= 11 is 1.74. The third-order valence-electron chi connectivity index (χ3n) is 4.15. The van der Waals surface area contributed by atoms with E-state index in [1.165, 1.54) is 22.3 Å². The molecule has 3 aromatic rings. The molecule has 0 amide bonds. The molecule has 0 radical (unpaired) electrons. The van der Waals surface area contributed by atoms with Crippen LogP contribution in [-0.2, 0) is 29.8 Å². The zero-order chi connectivity index (χ0) is 19.2. The third kappa shape index (κ3) is 8.59. The standard InChI is InChI=1S/C13H9.C8H13Si.C2H6Si.2ClH.Zr/c1-3-7-12-10(5-1)9-11-6-2-4-8-13(11)12;1-9(2,3)8-6-4-5-7-8;1-3-2;;;/h1-5,7-8H,9H2;4-7H,1-3H3;1-2H3;2*1H;/q2*-1;;;;+2/p-2. The number of hydrogen-bond acceptors (Lipinski definition) is 0. The maximum atomic E-state index is 3.30. The Kier molecular flexibility index (Phi) is 12.9. The molecule has 4 rings (SSSR count). The van der Waals surface area contributed by atoms with Gasteiger partial charge in [-0.25, -0.2) is 11.3 Å². The Morgan fingerprint density at radius 2 is 1.57 bits per heavy atom. The molecule has 0 aromatic heterocycles. The minimum Gasteiger partial charge on any atom is -1.00 e. The average Bonchev–Trinajstić information content (AvgIpc) is 3.22. The molecule has 0 spiro atoms. The largest absolute Gasteiger partial charge is 1.00 e. The van der Waals surface area contributed by atoms with Gasteiger partial charge in [-0.3, -0.25) is 0 Å². The number of hydrogen-bond donors (Lipinski definition) is 0. The molecule has 0 fully saturated rings. The molecule has 0 bridgehead atoms. The van der Waals surface area contributed by atoms with Crippen molar-refractivity contribution in [1.82, 2.24) is 0 Å². The molecule has 0 saturated heterocycles. The van der Waals surface area contributed by atoms with E-state index in [1.807, 2.05) is 6.07 Å². The Balaban J connectivity index is 0.000000432. The van der Waals surface area contributed by atoms with Gasteiger partial charge in [-0.2, -0.15) is 48.0 Å². The molecule has 5 heteroatoms. The second-order valence-corrected chi connectivity index (χ2v) is 22.3. The van der Waals surface area contributed by atoms with Gasteiger partial charge >= 0.3 is 41.9 Å². The predicted octanol–water partition coefficient (Wildman–Crippen LogP) is -0.199. The van der Waals surface area contributed by atoms with Crippen molar-refractivity contribution in [2.75, 3.05) is 0 Å². The van der Waals surface area contributed by atoms with Gasteiger partial charge in [0.25, 0.3) is 0 Å². The van der Waals surface area contributed by atoms with Gasteiger partial charge in [0, 0.05) is 8.07 Å². The number of rotatable bonds is 1. The van der Waals surface area contributed by atoms with Gasteiger partial charge in [-0.15, -0.1) is 5.56 Å². The molecule has 0 unspecified atom stereocenters. The van der Waals surface area contributed by atoms with Crippen LogP contribution in [0.1, 0.15) is 11.1 Å². The molecular weight excluding hydrogens is 495 g/mol. The molecule has 28 heavy (non-hydrogen) atoms. The number of halogens is 2. The average molecular weight is 523 g/mol. The van der Waals surface area contributed by atoms with E-state index in [2.05, 4.69) is 99.5 Å². The van der Waals surface area contributed by atoms with Crippen LogP contribution in [0.15, 0.2) is 66.7 Å². The summed E-state index contributed by atoms with van der Waals surface area (Å²) in [6.07, 6.45) is 1.05. The van der Waals surface area contributed by atoms with Crippen molar-refractivity contribution >= 4 is 18.7 Å². The molecule has 148 valence electrons. The number of fused-ring (bicyclic) bond motifs is 3. The Morgan fingerprint density at radius 1 is 0.964 bits per heavy atom. The molecule has 0 saturated carbocycles.